The molecule has 0 fully saturated rings. The molecule has 0 saturated heterocycles. The summed E-state index contributed by atoms with van der Waals surface area (Å²) in [7, 11) is 0. The normalized spacial score (nSPS) is 13.0. The third-order valence-corrected chi connectivity index (χ3v) is 3.30. The van der Waals surface area contributed by atoms with Crippen LogP contribution in [-0.4, -0.2) is 6.61 Å². The molecule has 0 spiro atoms. The van der Waals surface area contributed by atoms with Gasteiger partial charge in [0.05, 0.1) is 6.61 Å². The van der Waals surface area contributed by atoms with Gasteiger partial charge in [-0.1, -0.05) is 71.6 Å². The minimum absolute atomic E-state index is 0.119. The smallest absolute Gasteiger partial charge is 0.0822 e. The van der Waals surface area contributed by atoms with E-state index >= 15 is 0 Å². The molecule has 0 aromatic heterocycles. The average molecular weight is 213 g/mol. The molecule has 0 N–H and O–H groups in total. The third kappa shape index (κ3) is 10.2. The Bertz CT molecular complexity index is 112. The first-order chi connectivity index (χ1) is 7.35. The van der Waals surface area contributed by atoms with Gasteiger partial charge in [0.2, 0.25) is 0 Å². The van der Waals surface area contributed by atoms with Crippen LogP contribution in [0.1, 0.15) is 78.1 Å². The molecule has 0 aliphatic rings. The lowest BCUT2D eigenvalue weighted by atomic mass is 9.93. The molecule has 0 rings (SSSR count). The van der Waals surface area contributed by atoms with E-state index in [9.17, 15) is 5.11 Å². The zero-order valence-electron chi connectivity index (χ0n) is 10.8. The van der Waals surface area contributed by atoms with Crippen molar-refractivity contribution < 1.29 is 5.11 Å². The minimum Gasteiger partial charge on any atom is -0.237 e. The monoisotopic (exact) mass is 213 g/mol. The molecule has 0 aromatic rings. The van der Waals surface area contributed by atoms with Crippen LogP contribution in [0, 0.1) is 5.92 Å². The molecule has 15 heavy (non-hydrogen) atoms. The van der Waals surface area contributed by atoms with E-state index in [-0.39, 0.29) is 6.61 Å². The lowest BCUT2D eigenvalue weighted by Crippen LogP contribution is -1.98. The van der Waals surface area contributed by atoms with Crippen molar-refractivity contribution in [2.75, 3.05) is 6.61 Å². The van der Waals surface area contributed by atoms with Gasteiger partial charge in [-0.05, 0) is 12.3 Å². The zero-order valence-corrected chi connectivity index (χ0v) is 10.8. The SMILES string of the molecule is CCCCC(CC)CCCCCCC[O]. The molecule has 0 amide bonds. The molecule has 1 atom stereocenters. The summed E-state index contributed by atoms with van der Waals surface area (Å²) in [5.41, 5.74) is 0. The van der Waals surface area contributed by atoms with E-state index in [0.29, 0.717) is 0 Å². The van der Waals surface area contributed by atoms with Gasteiger partial charge in [-0.15, -0.1) is 0 Å². The van der Waals surface area contributed by atoms with Gasteiger partial charge >= 0.3 is 0 Å². The van der Waals surface area contributed by atoms with Crippen molar-refractivity contribution in [3.8, 4) is 0 Å². The Hall–Kier alpha value is -0.0400. The minimum atomic E-state index is 0.119. The summed E-state index contributed by atoms with van der Waals surface area (Å²) in [4.78, 5) is 0. The topological polar surface area (TPSA) is 19.9 Å². The Morgan fingerprint density at radius 3 is 2.00 bits per heavy atom. The Morgan fingerprint density at radius 2 is 1.40 bits per heavy atom. The van der Waals surface area contributed by atoms with Crippen LogP contribution in [0.2, 0.25) is 0 Å². The number of unbranched alkanes of at least 4 members (excludes halogenated alkanes) is 5. The standard InChI is InChI=1S/C14H29O/c1-3-5-11-14(4-2)12-9-7-6-8-10-13-15/h14H,3-13H2,1-2H3. The quantitative estimate of drug-likeness (QED) is 0.432. The van der Waals surface area contributed by atoms with Crippen LogP contribution in [-0.2, 0) is 5.11 Å². The maximum absolute atomic E-state index is 10.2. The molecule has 0 bridgehead atoms. The van der Waals surface area contributed by atoms with Crippen molar-refractivity contribution in [2.24, 2.45) is 5.92 Å². The van der Waals surface area contributed by atoms with Crippen LogP contribution in [0.4, 0.5) is 0 Å². The molecule has 0 aliphatic heterocycles. The number of rotatable bonds is 11. The molecule has 1 nitrogen and oxygen atoms in total. The highest BCUT2D eigenvalue weighted by molar-refractivity contribution is 4.58. The van der Waals surface area contributed by atoms with Gasteiger partial charge in [0, 0.05) is 0 Å². The van der Waals surface area contributed by atoms with E-state index in [1.54, 1.807) is 0 Å². The molecular formula is C14H29O. The first kappa shape index (κ1) is 15.0. The van der Waals surface area contributed by atoms with Gasteiger partial charge in [0.25, 0.3) is 0 Å². The zero-order chi connectivity index (χ0) is 11.4. The van der Waals surface area contributed by atoms with Gasteiger partial charge < -0.3 is 0 Å². The van der Waals surface area contributed by atoms with E-state index in [1.807, 2.05) is 0 Å². The second kappa shape index (κ2) is 12.0. The van der Waals surface area contributed by atoms with Crippen molar-refractivity contribution in [2.45, 2.75) is 78.1 Å². The Balaban J connectivity index is 3.22. The molecule has 91 valence electrons. The second-order valence-electron chi connectivity index (χ2n) is 4.68. The fraction of sp³-hybridized carbons (Fsp3) is 1.00. The maximum Gasteiger partial charge on any atom is 0.0822 e. The first-order valence-corrected chi connectivity index (χ1v) is 6.93. The molecule has 1 unspecified atom stereocenters. The summed E-state index contributed by atoms with van der Waals surface area (Å²) in [5.74, 6) is 0.962. The highest BCUT2D eigenvalue weighted by atomic mass is 16.2. The Labute approximate surface area is 96.3 Å². The lowest BCUT2D eigenvalue weighted by molar-refractivity contribution is 0.185. The Morgan fingerprint density at radius 1 is 0.800 bits per heavy atom. The maximum atomic E-state index is 10.2. The van der Waals surface area contributed by atoms with E-state index < -0.39 is 0 Å². The van der Waals surface area contributed by atoms with Crippen molar-refractivity contribution in [1.29, 1.82) is 0 Å². The van der Waals surface area contributed by atoms with Gasteiger partial charge in [0.1, 0.15) is 0 Å². The van der Waals surface area contributed by atoms with Crippen LogP contribution in [0.15, 0.2) is 0 Å². The molecule has 1 radical (unpaired) electrons. The summed E-state index contributed by atoms with van der Waals surface area (Å²) in [6.45, 7) is 4.71. The van der Waals surface area contributed by atoms with Gasteiger partial charge in [-0.2, -0.15) is 0 Å². The average Bonchev–Trinajstić information content (AvgIpc) is 2.27. The van der Waals surface area contributed by atoms with Crippen molar-refractivity contribution in [3.05, 3.63) is 0 Å². The van der Waals surface area contributed by atoms with Crippen molar-refractivity contribution in [1.82, 2.24) is 0 Å². The third-order valence-electron chi connectivity index (χ3n) is 3.30. The number of hydrogen-bond donors (Lipinski definition) is 0. The summed E-state index contributed by atoms with van der Waals surface area (Å²) in [5, 5.41) is 10.2. The fourth-order valence-electron chi connectivity index (χ4n) is 2.11. The van der Waals surface area contributed by atoms with Crippen LogP contribution in [0.3, 0.4) is 0 Å². The van der Waals surface area contributed by atoms with Crippen LogP contribution >= 0.6 is 0 Å². The largest absolute Gasteiger partial charge is 0.237 e. The highest BCUT2D eigenvalue weighted by Crippen LogP contribution is 2.20. The van der Waals surface area contributed by atoms with E-state index in [1.165, 1.54) is 51.4 Å². The predicted molar refractivity (Wildman–Crippen MR) is 66.6 cm³/mol. The summed E-state index contributed by atoms with van der Waals surface area (Å²) in [6, 6.07) is 0. The first-order valence-electron chi connectivity index (χ1n) is 6.93. The molecule has 0 heterocycles. The van der Waals surface area contributed by atoms with Gasteiger partial charge in [-0.3, -0.25) is 0 Å². The molecular weight excluding hydrogens is 184 g/mol. The van der Waals surface area contributed by atoms with Crippen LogP contribution in [0.5, 0.6) is 0 Å². The predicted octanol–water partition coefficient (Wildman–Crippen LogP) is 4.97. The van der Waals surface area contributed by atoms with Crippen molar-refractivity contribution in [3.63, 3.8) is 0 Å². The van der Waals surface area contributed by atoms with E-state index in [4.69, 9.17) is 0 Å². The molecule has 0 aliphatic carbocycles. The fourth-order valence-corrected chi connectivity index (χ4v) is 2.11. The summed E-state index contributed by atoms with van der Waals surface area (Å²) < 4.78 is 0. The molecule has 0 saturated carbocycles. The van der Waals surface area contributed by atoms with Gasteiger partial charge in [-0.25, -0.2) is 5.11 Å². The summed E-state index contributed by atoms with van der Waals surface area (Å²) in [6.07, 6.45) is 12.9. The van der Waals surface area contributed by atoms with E-state index in [2.05, 4.69) is 13.8 Å². The second-order valence-corrected chi connectivity index (χ2v) is 4.68. The van der Waals surface area contributed by atoms with E-state index in [0.717, 1.165) is 18.8 Å². The summed E-state index contributed by atoms with van der Waals surface area (Å²) >= 11 is 0. The van der Waals surface area contributed by atoms with Crippen LogP contribution in [0.25, 0.3) is 0 Å². The number of hydrogen-bond acceptors (Lipinski definition) is 0. The molecule has 0 aromatic carbocycles. The highest BCUT2D eigenvalue weighted by Gasteiger charge is 2.04. The Kier molecular flexibility index (Phi) is 12.0. The van der Waals surface area contributed by atoms with Gasteiger partial charge in [0.15, 0.2) is 0 Å². The van der Waals surface area contributed by atoms with Crippen molar-refractivity contribution >= 4 is 0 Å². The molecule has 1 heteroatoms. The lowest BCUT2D eigenvalue weighted by Gasteiger charge is -2.13. The van der Waals surface area contributed by atoms with Crippen LogP contribution < -0.4 is 0 Å².